The minimum Gasteiger partial charge on any atom is -0.444 e. The molecule has 5 rings (SSSR count). The summed E-state index contributed by atoms with van der Waals surface area (Å²) in [4.78, 5) is 66.3. The number of nitrogens with two attached hydrogens (primary N) is 1. The van der Waals surface area contributed by atoms with Crippen molar-refractivity contribution in [1.82, 2.24) is 18.9 Å². The van der Waals surface area contributed by atoms with Crippen molar-refractivity contribution in [1.29, 1.82) is 0 Å². The van der Waals surface area contributed by atoms with Gasteiger partial charge in [-0.3, -0.25) is 18.7 Å². The maximum atomic E-state index is 13.3. The third-order valence-electron chi connectivity index (χ3n) is 8.04. The zero-order chi connectivity index (χ0) is 35.2. The molecule has 258 valence electrons. The molecule has 0 unspecified atom stereocenters. The first-order valence-corrected chi connectivity index (χ1v) is 16.7. The summed E-state index contributed by atoms with van der Waals surface area (Å²) in [6, 6.07) is 12.7. The van der Waals surface area contributed by atoms with Gasteiger partial charge in [0, 0.05) is 49.7 Å². The average molecular weight is 702 g/mol. The van der Waals surface area contributed by atoms with Crippen LogP contribution in [0.3, 0.4) is 0 Å². The molecule has 4 amide bonds. The number of fused-ring (bicyclic) bond motifs is 1. The van der Waals surface area contributed by atoms with E-state index in [1.165, 1.54) is 10.8 Å². The number of nitrogens with zero attached hydrogens (tertiary/aromatic N) is 4. The molecule has 1 fully saturated rings. The number of amides is 4. The Labute approximate surface area is 289 Å². The van der Waals surface area contributed by atoms with Crippen LogP contribution in [0.15, 0.2) is 58.3 Å². The Balaban J connectivity index is 0.000000579. The van der Waals surface area contributed by atoms with Gasteiger partial charge in [-0.2, -0.15) is 0 Å². The number of hydrogen-bond donors (Lipinski definition) is 2. The predicted molar refractivity (Wildman–Crippen MR) is 187 cm³/mol. The number of primary amides is 1. The number of rotatable bonds is 6. The number of piperidine rings is 1. The van der Waals surface area contributed by atoms with E-state index in [-0.39, 0.29) is 41.7 Å². The lowest BCUT2D eigenvalue weighted by atomic mass is 10.0. The van der Waals surface area contributed by atoms with Crippen molar-refractivity contribution in [2.24, 2.45) is 5.73 Å². The topological polar surface area (TPSA) is 149 Å². The monoisotopic (exact) mass is 700 g/mol. The van der Waals surface area contributed by atoms with Crippen LogP contribution >= 0.6 is 23.2 Å². The zero-order valence-electron chi connectivity index (χ0n) is 27.6. The molecule has 0 radical (unpaired) electrons. The number of aromatic nitrogens is 2. The van der Waals surface area contributed by atoms with E-state index in [0.717, 1.165) is 22.2 Å². The van der Waals surface area contributed by atoms with Crippen molar-refractivity contribution in [3.8, 4) is 11.1 Å². The molecule has 48 heavy (non-hydrogen) atoms. The lowest BCUT2D eigenvalue weighted by molar-refractivity contribution is -0.133. The van der Waals surface area contributed by atoms with Gasteiger partial charge >= 0.3 is 17.8 Å². The highest BCUT2D eigenvalue weighted by Crippen LogP contribution is 2.31. The summed E-state index contributed by atoms with van der Waals surface area (Å²) >= 11 is 12.6. The Kier molecular flexibility index (Phi) is 12.0. The molecule has 3 N–H and O–H groups in total. The van der Waals surface area contributed by atoms with Gasteiger partial charge < -0.3 is 25.6 Å². The number of benzene rings is 2. The fourth-order valence-electron chi connectivity index (χ4n) is 5.80. The van der Waals surface area contributed by atoms with Gasteiger partial charge in [-0.15, -0.1) is 0 Å². The van der Waals surface area contributed by atoms with E-state index in [1.54, 1.807) is 43.9 Å². The number of anilines is 1. The van der Waals surface area contributed by atoms with Gasteiger partial charge in [-0.05, 0) is 64.2 Å². The minimum atomic E-state index is -0.725. The number of carbonyl (C=O) groups is 3. The van der Waals surface area contributed by atoms with E-state index < -0.39 is 22.9 Å². The normalized spacial score (nSPS) is 15.1. The highest BCUT2D eigenvalue weighted by Gasteiger charge is 2.31. The molecule has 3 aromatic rings. The molecule has 0 saturated carbocycles. The number of nitrogens with one attached hydrogen (secondary N) is 1. The summed E-state index contributed by atoms with van der Waals surface area (Å²) in [7, 11) is 0. The second kappa shape index (κ2) is 15.7. The highest BCUT2D eigenvalue weighted by atomic mass is 35.5. The van der Waals surface area contributed by atoms with Crippen LogP contribution in [0.1, 0.15) is 52.5 Å². The quantitative estimate of drug-likeness (QED) is 0.354. The summed E-state index contributed by atoms with van der Waals surface area (Å²) in [5.74, 6) is -0.224. The predicted octanol–water partition coefficient (Wildman–Crippen LogP) is 5.36. The second-order valence-electron chi connectivity index (χ2n) is 12.7. The van der Waals surface area contributed by atoms with E-state index in [1.807, 2.05) is 36.1 Å². The summed E-state index contributed by atoms with van der Waals surface area (Å²) in [5, 5.41) is 3.51. The largest absolute Gasteiger partial charge is 0.444 e. The third kappa shape index (κ3) is 8.99. The van der Waals surface area contributed by atoms with Crippen LogP contribution in [-0.2, 0) is 29.0 Å². The number of likely N-dealkylation sites (tertiary alicyclic amines) is 1. The van der Waals surface area contributed by atoms with Gasteiger partial charge in [0.15, 0.2) is 0 Å². The summed E-state index contributed by atoms with van der Waals surface area (Å²) in [5.41, 5.74) is 5.82. The van der Waals surface area contributed by atoms with Gasteiger partial charge in [0.1, 0.15) is 12.1 Å². The number of hydrogen-bond acceptors (Lipinski definition) is 6. The van der Waals surface area contributed by atoms with E-state index >= 15 is 0 Å². The highest BCUT2D eigenvalue weighted by molar-refractivity contribution is 6.43. The molecule has 2 aromatic carbocycles. The van der Waals surface area contributed by atoms with E-state index in [9.17, 15) is 24.0 Å². The smallest absolute Gasteiger partial charge is 0.405 e. The van der Waals surface area contributed by atoms with Gasteiger partial charge in [0.05, 0.1) is 15.6 Å². The van der Waals surface area contributed by atoms with Gasteiger partial charge in [0.25, 0.3) is 5.56 Å². The minimum absolute atomic E-state index is 0.0177. The van der Waals surface area contributed by atoms with Crippen LogP contribution in [0.4, 0.5) is 15.3 Å². The van der Waals surface area contributed by atoms with Gasteiger partial charge in [-0.25, -0.2) is 14.4 Å². The van der Waals surface area contributed by atoms with Crippen LogP contribution in [0, 0.1) is 0 Å². The van der Waals surface area contributed by atoms with E-state index in [2.05, 4.69) is 10.1 Å². The molecule has 12 nitrogen and oxygen atoms in total. The van der Waals surface area contributed by atoms with Crippen LogP contribution < -0.4 is 22.3 Å². The molecule has 1 aromatic heterocycles. The van der Waals surface area contributed by atoms with Crippen molar-refractivity contribution in [2.45, 2.75) is 78.1 Å². The van der Waals surface area contributed by atoms with E-state index in [4.69, 9.17) is 28.9 Å². The average Bonchev–Trinajstić information content (AvgIpc) is 3.19. The van der Waals surface area contributed by atoms with Crippen LogP contribution in [0.25, 0.3) is 11.1 Å². The van der Waals surface area contributed by atoms with Crippen molar-refractivity contribution in [2.75, 3.05) is 25.0 Å². The summed E-state index contributed by atoms with van der Waals surface area (Å²) < 4.78 is 6.99. The third-order valence-corrected chi connectivity index (χ3v) is 8.86. The molecular formula is C34H42Cl2N6O6. The maximum absolute atomic E-state index is 13.3. The Morgan fingerprint density at radius 3 is 2.29 bits per heavy atom. The molecule has 0 aliphatic carbocycles. The van der Waals surface area contributed by atoms with Crippen molar-refractivity contribution in [3.63, 3.8) is 0 Å². The standard InChI is InChI=1S/C29H31Cl2N5O4.C5H11NO2/c1-2-13-36-27(38)22(21-7-5-8-23(30)26(21)31)17-34(29(36)40)18-25(37)33-14-11-20(12-15-33)35-16-10-19-6-3-4-9-24(19)32-28(35)39;1-5(2,3)8-4(6)7/h3-9,17,20H,2,10-16,18H2,1H3,(H,32,39);1-3H3,(H2,6,7). The van der Waals surface area contributed by atoms with Crippen LogP contribution in [-0.4, -0.2) is 68.2 Å². The number of para-hydroxylation sites is 1. The molecule has 14 heteroatoms. The Morgan fingerprint density at radius 2 is 1.67 bits per heavy atom. The van der Waals surface area contributed by atoms with Crippen LogP contribution in [0.5, 0.6) is 0 Å². The Bertz CT molecular complexity index is 1770. The van der Waals surface area contributed by atoms with Crippen LogP contribution in [0.2, 0.25) is 10.0 Å². The SMILES string of the molecule is CC(C)(C)OC(N)=O.CCCn1c(=O)c(-c2cccc(Cl)c2Cl)cn(CC(=O)N2CCC(N3CCc4ccccc4NC3=O)CC2)c1=O. The van der Waals surface area contributed by atoms with Gasteiger partial charge in [0.2, 0.25) is 5.91 Å². The fourth-order valence-corrected chi connectivity index (χ4v) is 6.20. The molecular weight excluding hydrogens is 659 g/mol. The number of halogens is 2. The number of carbonyl (C=O) groups excluding carboxylic acids is 3. The fraction of sp³-hybridized carbons (Fsp3) is 0.441. The first-order chi connectivity index (χ1) is 22.7. The Hall–Kier alpha value is -4.29. The lowest BCUT2D eigenvalue weighted by Gasteiger charge is -2.38. The second-order valence-corrected chi connectivity index (χ2v) is 13.5. The molecule has 3 heterocycles. The molecule has 1 saturated heterocycles. The lowest BCUT2D eigenvalue weighted by Crippen LogP contribution is -2.51. The van der Waals surface area contributed by atoms with Gasteiger partial charge in [-0.1, -0.05) is 60.5 Å². The van der Waals surface area contributed by atoms with E-state index in [0.29, 0.717) is 49.5 Å². The summed E-state index contributed by atoms with van der Waals surface area (Å²) in [6.45, 7) is 8.71. The number of urea groups is 1. The van der Waals surface area contributed by atoms with Crippen molar-refractivity contribution >= 4 is 46.9 Å². The molecule has 0 spiro atoms. The maximum Gasteiger partial charge on any atom is 0.405 e. The van der Waals surface area contributed by atoms with Crippen molar-refractivity contribution < 1.29 is 19.1 Å². The summed E-state index contributed by atoms with van der Waals surface area (Å²) in [6.07, 6.45) is 3.30. The molecule has 2 aliphatic rings. The first-order valence-electron chi connectivity index (χ1n) is 15.9. The molecule has 2 aliphatic heterocycles. The Morgan fingerprint density at radius 1 is 0.979 bits per heavy atom. The molecule has 0 bridgehead atoms. The molecule has 0 atom stereocenters. The number of ether oxygens (including phenoxy) is 1. The first kappa shape index (κ1) is 36.5. The zero-order valence-corrected chi connectivity index (χ0v) is 29.1. The van der Waals surface area contributed by atoms with Crippen molar-refractivity contribution in [3.05, 3.63) is 85.1 Å².